The minimum Gasteiger partial charge on any atom is -0.486 e. The first-order valence-electron chi connectivity index (χ1n) is 11.0. The van der Waals surface area contributed by atoms with E-state index in [1.54, 1.807) is 6.07 Å². The zero-order valence-corrected chi connectivity index (χ0v) is 18.2. The lowest BCUT2D eigenvalue weighted by Crippen LogP contribution is -2.17. The molecule has 8 heteroatoms. The molecule has 3 aromatic carbocycles. The number of ether oxygens (including phenoxy) is 2. The van der Waals surface area contributed by atoms with Crippen LogP contribution in [-0.4, -0.2) is 34.3 Å². The summed E-state index contributed by atoms with van der Waals surface area (Å²) in [4.78, 5) is 17.2. The van der Waals surface area contributed by atoms with Crippen molar-refractivity contribution in [3.8, 4) is 22.6 Å². The second kappa shape index (κ2) is 8.08. The fourth-order valence-corrected chi connectivity index (χ4v) is 4.16. The number of fused-ring (bicyclic) bond motifs is 3. The highest BCUT2D eigenvalue weighted by molar-refractivity contribution is 6.01. The van der Waals surface area contributed by atoms with Gasteiger partial charge in [-0.2, -0.15) is 5.10 Å². The van der Waals surface area contributed by atoms with E-state index in [2.05, 4.69) is 20.5 Å². The molecule has 0 spiro atoms. The van der Waals surface area contributed by atoms with Crippen LogP contribution in [0.1, 0.15) is 5.56 Å². The van der Waals surface area contributed by atoms with E-state index in [0.29, 0.717) is 36.3 Å². The van der Waals surface area contributed by atoms with Crippen molar-refractivity contribution in [2.45, 2.75) is 6.42 Å². The van der Waals surface area contributed by atoms with E-state index < -0.39 is 0 Å². The first-order chi connectivity index (χ1) is 16.6. The molecular formula is C26H21N5O3. The van der Waals surface area contributed by atoms with Crippen LogP contribution in [-0.2, 0) is 11.2 Å². The SMILES string of the molecule is Nc1ccc2ccc(-c3ccc4[nH]nc(NC(=O)Cc5ccc6c(c5)OCCO6)c4c3)cc2n1. The summed E-state index contributed by atoms with van der Waals surface area (Å²) in [5.74, 6) is 2.17. The molecule has 0 fully saturated rings. The van der Waals surface area contributed by atoms with E-state index in [4.69, 9.17) is 15.2 Å². The molecule has 2 aromatic heterocycles. The van der Waals surface area contributed by atoms with Gasteiger partial charge in [-0.3, -0.25) is 9.89 Å². The fourth-order valence-electron chi connectivity index (χ4n) is 4.16. The molecule has 5 aromatic rings. The molecule has 168 valence electrons. The van der Waals surface area contributed by atoms with Gasteiger partial charge in [-0.15, -0.1) is 0 Å². The van der Waals surface area contributed by atoms with Crippen molar-refractivity contribution >= 4 is 39.3 Å². The van der Waals surface area contributed by atoms with Gasteiger partial charge in [-0.05, 0) is 59.2 Å². The topological polar surface area (TPSA) is 115 Å². The molecule has 34 heavy (non-hydrogen) atoms. The van der Waals surface area contributed by atoms with Crippen molar-refractivity contribution in [3.63, 3.8) is 0 Å². The largest absolute Gasteiger partial charge is 0.486 e. The summed E-state index contributed by atoms with van der Waals surface area (Å²) in [5, 5.41) is 12.1. The molecule has 1 aliphatic rings. The highest BCUT2D eigenvalue weighted by atomic mass is 16.6. The normalized spacial score (nSPS) is 12.7. The van der Waals surface area contributed by atoms with Gasteiger partial charge >= 0.3 is 0 Å². The van der Waals surface area contributed by atoms with E-state index in [1.807, 2.05) is 60.7 Å². The van der Waals surface area contributed by atoms with Gasteiger partial charge in [0, 0.05) is 10.8 Å². The van der Waals surface area contributed by atoms with Crippen molar-refractivity contribution in [2.75, 3.05) is 24.3 Å². The summed E-state index contributed by atoms with van der Waals surface area (Å²) in [6, 6.07) is 21.3. The average molecular weight is 451 g/mol. The molecule has 8 nitrogen and oxygen atoms in total. The number of nitrogens with two attached hydrogens (primary N) is 1. The van der Waals surface area contributed by atoms with Gasteiger partial charge in [0.2, 0.25) is 5.91 Å². The number of anilines is 2. The van der Waals surface area contributed by atoms with E-state index >= 15 is 0 Å². The lowest BCUT2D eigenvalue weighted by molar-refractivity contribution is -0.115. The summed E-state index contributed by atoms with van der Waals surface area (Å²) in [7, 11) is 0. The Labute approximate surface area is 194 Å². The minimum absolute atomic E-state index is 0.166. The number of rotatable bonds is 4. The Balaban J connectivity index is 1.26. The van der Waals surface area contributed by atoms with Crippen molar-refractivity contribution in [3.05, 3.63) is 72.3 Å². The number of hydrogen-bond donors (Lipinski definition) is 3. The fraction of sp³-hybridized carbons (Fsp3) is 0.115. The van der Waals surface area contributed by atoms with Crippen molar-refractivity contribution in [1.82, 2.24) is 15.2 Å². The van der Waals surface area contributed by atoms with Crippen LogP contribution in [0.5, 0.6) is 11.5 Å². The zero-order valence-electron chi connectivity index (χ0n) is 18.2. The van der Waals surface area contributed by atoms with Crippen molar-refractivity contribution < 1.29 is 14.3 Å². The number of hydrogen-bond acceptors (Lipinski definition) is 6. The first kappa shape index (κ1) is 20.0. The Bertz CT molecular complexity index is 1560. The molecule has 0 bridgehead atoms. The van der Waals surface area contributed by atoms with E-state index in [-0.39, 0.29) is 12.3 Å². The van der Waals surface area contributed by atoms with E-state index in [0.717, 1.165) is 38.5 Å². The number of carbonyl (C=O) groups is 1. The van der Waals surface area contributed by atoms with Crippen LogP contribution in [0.2, 0.25) is 0 Å². The van der Waals surface area contributed by atoms with Crippen LogP contribution in [0.25, 0.3) is 32.9 Å². The summed E-state index contributed by atoms with van der Waals surface area (Å²) in [6.45, 7) is 1.04. The predicted molar refractivity (Wildman–Crippen MR) is 131 cm³/mol. The lowest BCUT2D eigenvalue weighted by Gasteiger charge is -2.18. The van der Waals surface area contributed by atoms with Gasteiger partial charge in [-0.1, -0.05) is 24.3 Å². The second-order valence-corrected chi connectivity index (χ2v) is 8.18. The molecule has 0 radical (unpaired) electrons. The molecule has 0 unspecified atom stereocenters. The molecule has 6 rings (SSSR count). The van der Waals surface area contributed by atoms with Gasteiger partial charge in [-0.25, -0.2) is 4.98 Å². The smallest absolute Gasteiger partial charge is 0.230 e. The zero-order chi connectivity index (χ0) is 23.1. The minimum atomic E-state index is -0.166. The van der Waals surface area contributed by atoms with Gasteiger partial charge in [0.1, 0.15) is 19.0 Å². The molecule has 0 aliphatic carbocycles. The summed E-state index contributed by atoms with van der Waals surface area (Å²) >= 11 is 0. The Morgan fingerprint density at radius 3 is 2.65 bits per heavy atom. The standard InChI is InChI=1S/C26H21N5O3/c27-24-8-5-16-2-3-18(14-21(16)28-24)17-4-6-20-19(13-17)26(31-30-20)29-25(32)12-15-1-7-22-23(11-15)34-10-9-33-22/h1-8,11,13-14H,9-10,12H2,(H2,27,28)(H2,29,30,31,32). The van der Waals surface area contributed by atoms with E-state index in [1.165, 1.54) is 0 Å². The third kappa shape index (κ3) is 3.75. The van der Waals surface area contributed by atoms with Crippen LogP contribution in [0.15, 0.2) is 66.7 Å². The van der Waals surface area contributed by atoms with Crippen LogP contribution in [0.4, 0.5) is 11.6 Å². The third-order valence-corrected chi connectivity index (χ3v) is 5.84. The monoisotopic (exact) mass is 451 g/mol. The number of carbonyl (C=O) groups excluding carboxylic acids is 1. The molecule has 1 aliphatic heterocycles. The maximum absolute atomic E-state index is 12.8. The number of pyridine rings is 1. The Kier molecular flexibility index (Phi) is 4.76. The van der Waals surface area contributed by atoms with Gasteiger partial charge in [0.25, 0.3) is 0 Å². The second-order valence-electron chi connectivity index (χ2n) is 8.18. The van der Waals surface area contributed by atoms with Crippen molar-refractivity contribution in [1.29, 1.82) is 0 Å². The summed E-state index contributed by atoms with van der Waals surface area (Å²) < 4.78 is 11.2. The van der Waals surface area contributed by atoms with Crippen molar-refractivity contribution in [2.24, 2.45) is 0 Å². The number of H-pyrrole nitrogens is 1. The average Bonchev–Trinajstić information content (AvgIpc) is 3.25. The summed E-state index contributed by atoms with van der Waals surface area (Å²) in [5.41, 5.74) is 10.3. The quantitative estimate of drug-likeness (QED) is 0.375. The third-order valence-electron chi connectivity index (χ3n) is 5.84. The number of nitrogens with zero attached hydrogens (tertiary/aromatic N) is 2. The Hall–Kier alpha value is -4.59. The number of amides is 1. The van der Waals surface area contributed by atoms with Crippen LogP contribution in [0, 0.1) is 0 Å². The number of aromatic nitrogens is 3. The molecule has 0 saturated heterocycles. The number of nitrogen functional groups attached to an aromatic ring is 1. The molecule has 1 amide bonds. The number of aromatic amines is 1. The number of nitrogens with one attached hydrogen (secondary N) is 2. The van der Waals surface area contributed by atoms with Gasteiger partial charge in [0.05, 0.1) is 17.5 Å². The molecule has 0 saturated carbocycles. The Morgan fingerprint density at radius 1 is 0.941 bits per heavy atom. The van der Waals surface area contributed by atoms with E-state index in [9.17, 15) is 4.79 Å². The maximum Gasteiger partial charge on any atom is 0.230 e. The molecule has 0 atom stereocenters. The number of benzene rings is 3. The first-order valence-corrected chi connectivity index (χ1v) is 11.0. The lowest BCUT2D eigenvalue weighted by atomic mass is 10.0. The molecule has 3 heterocycles. The predicted octanol–water partition coefficient (Wildman–Crippen LogP) is 4.31. The van der Waals surface area contributed by atoms with Crippen LogP contribution in [0.3, 0.4) is 0 Å². The summed E-state index contributed by atoms with van der Waals surface area (Å²) in [6.07, 6.45) is 0.197. The van der Waals surface area contributed by atoms with Gasteiger partial charge < -0.3 is 20.5 Å². The van der Waals surface area contributed by atoms with Crippen LogP contribution >= 0.6 is 0 Å². The van der Waals surface area contributed by atoms with Crippen LogP contribution < -0.4 is 20.5 Å². The van der Waals surface area contributed by atoms with Gasteiger partial charge in [0.15, 0.2) is 17.3 Å². The Morgan fingerprint density at radius 2 is 1.74 bits per heavy atom. The maximum atomic E-state index is 12.8. The highest BCUT2D eigenvalue weighted by Gasteiger charge is 2.15. The highest BCUT2D eigenvalue weighted by Crippen LogP contribution is 2.32. The molecule has 4 N–H and O–H groups in total. The molecular weight excluding hydrogens is 430 g/mol.